The fourth-order valence-corrected chi connectivity index (χ4v) is 1.88. The van der Waals surface area contributed by atoms with Gasteiger partial charge in [0, 0.05) is 25.2 Å². The predicted molar refractivity (Wildman–Crippen MR) is 61.2 cm³/mol. The van der Waals surface area contributed by atoms with Gasteiger partial charge in [-0.2, -0.15) is 0 Å². The van der Waals surface area contributed by atoms with Crippen LogP contribution in [0.15, 0.2) is 5.16 Å². The van der Waals surface area contributed by atoms with Crippen LogP contribution in [0.3, 0.4) is 0 Å². The van der Waals surface area contributed by atoms with Crippen LogP contribution in [0.5, 0.6) is 0 Å². The van der Waals surface area contributed by atoms with Crippen molar-refractivity contribution in [3.8, 4) is 0 Å². The van der Waals surface area contributed by atoms with Crippen molar-refractivity contribution in [2.24, 2.45) is 10.9 Å². The smallest absolute Gasteiger partial charge is 0.156 e. The molecule has 1 saturated heterocycles. The highest BCUT2D eigenvalue weighted by molar-refractivity contribution is 5.84. The quantitative estimate of drug-likeness (QED) is 0.297. The Balaban J connectivity index is 2.67. The first-order valence-electron chi connectivity index (χ1n) is 5.31. The van der Waals surface area contributed by atoms with E-state index in [1.54, 1.807) is 0 Å². The first kappa shape index (κ1) is 12.3. The largest absolute Gasteiger partial charge is 0.409 e. The molecule has 1 atom stereocenters. The van der Waals surface area contributed by atoms with Gasteiger partial charge in [-0.05, 0) is 27.8 Å². The summed E-state index contributed by atoms with van der Waals surface area (Å²) in [6, 6.07) is 0.00275. The van der Waals surface area contributed by atoms with Crippen LogP contribution in [-0.2, 0) is 0 Å². The third-order valence-corrected chi connectivity index (χ3v) is 3.44. The fourth-order valence-electron chi connectivity index (χ4n) is 1.88. The van der Waals surface area contributed by atoms with E-state index >= 15 is 0 Å². The van der Waals surface area contributed by atoms with Gasteiger partial charge in [0.1, 0.15) is 0 Å². The van der Waals surface area contributed by atoms with Crippen molar-refractivity contribution in [2.75, 3.05) is 26.7 Å². The number of piperazine rings is 1. The number of nitrogens with zero attached hydrogens (tertiary/aromatic N) is 3. The molecule has 88 valence electrons. The molecule has 0 aromatic heterocycles. The van der Waals surface area contributed by atoms with Crippen LogP contribution in [0.4, 0.5) is 0 Å². The van der Waals surface area contributed by atoms with Crippen molar-refractivity contribution in [3.63, 3.8) is 0 Å². The van der Waals surface area contributed by atoms with Crippen molar-refractivity contribution in [1.29, 1.82) is 0 Å². The summed E-state index contributed by atoms with van der Waals surface area (Å²) in [4.78, 5) is 4.58. The molecule has 0 amide bonds. The lowest BCUT2D eigenvalue weighted by Gasteiger charge is -2.47. The van der Waals surface area contributed by atoms with Gasteiger partial charge in [0.15, 0.2) is 5.84 Å². The zero-order chi connectivity index (χ0) is 11.6. The molecule has 5 nitrogen and oxygen atoms in total. The van der Waals surface area contributed by atoms with Gasteiger partial charge < -0.3 is 10.9 Å². The third kappa shape index (κ3) is 2.60. The van der Waals surface area contributed by atoms with E-state index in [4.69, 9.17) is 10.9 Å². The summed E-state index contributed by atoms with van der Waals surface area (Å²) >= 11 is 0. The Kier molecular flexibility index (Phi) is 3.57. The molecule has 15 heavy (non-hydrogen) atoms. The van der Waals surface area contributed by atoms with Gasteiger partial charge in [-0.3, -0.25) is 9.80 Å². The molecular formula is C10H22N4O. The van der Waals surface area contributed by atoms with E-state index < -0.39 is 0 Å². The van der Waals surface area contributed by atoms with Crippen LogP contribution in [0, 0.1) is 0 Å². The lowest BCUT2D eigenvalue weighted by molar-refractivity contribution is 0.0326. The third-order valence-electron chi connectivity index (χ3n) is 3.44. The van der Waals surface area contributed by atoms with Crippen molar-refractivity contribution in [3.05, 3.63) is 0 Å². The lowest BCUT2D eigenvalue weighted by Crippen LogP contribution is -2.61. The fraction of sp³-hybridized carbons (Fsp3) is 0.900. The van der Waals surface area contributed by atoms with Crippen molar-refractivity contribution >= 4 is 5.84 Å². The molecule has 0 aromatic rings. The van der Waals surface area contributed by atoms with Gasteiger partial charge in [0.2, 0.25) is 0 Å². The molecule has 3 N–H and O–H groups in total. The van der Waals surface area contributed by atoms with Crippen LogP contribution in [-0.4, -0.2) is 59.1 Å². The van der Waals surface area contributed by atoms with E-state index in [0.29, 0.717) is 0 Å². The number of hydrogen-bond acceptors (Lipinski definition) is 4. The summed E-state index contributed by atoms with van der Waals surface area (Å²) in [5.74, 6) is 0.287. The van der Waals surface area contributed by atoms with Crippen molar-refractivity contribution in [1.82, 2.24) is 9.80 Å². The molecule has 1 fully saturated rings. The maximum Gasteiger partial charge on any atom is 0.156 e. The Bertz CT molecular complexity index is 252. The maximum atomic E-state index is 8.64. The highest BCUT2D eigenvalue weighted by Crippen LogP contribution is 2.20. The molecule has 1 aliphatic rings. The monoisotopic (exact) mass is 214 g/mol. The van der Waals surface area contributed by atoms with Crippen LogP contribution in [0.2, 0.25) is 0 Å². The minimum Gasteiger partial charge on any atom is -0.409 e. The lowest BCUT2D eigenvalue weighted by atomic mass is 9.98. The Morgan fingerprint density at radius 1 is 1.47 bits per heavy atom. The van der Waals surface area contributed by atoms with Gasteiger partial charge in [-0.25, -0.2) is 0 Å². The van der Waals surface area contributed by atoms with Gasteiger partial charge >= 0.3 is 0 Å². The molecule has 0 aliphatic carbocycles. The number of amidine groups is 1. The van der Waals surface area contributed by atoms with Gasteiger partial charge in [0.25, 0.3) is 0 Å². The molecule has 0 bridgehead atoms. The summed E-state index contributed by atoms with van der Waals surface area (Å²) in [5.41, 5.74) is 5.76. The summed E-state index contributed by atoms with van der Waals surface area (Å²) in [6.45, 7) is 9.28. The topological polar surface area (TPSA) is 65.1 Å². The molecular weight excluding hydrogens is 192 g/mol. The van der Waals surface area contributed by atoms with Crippen LogP contribution < -0.4 is 5.73 Å². The number of likely N-dealkylation sites (N-methyl/N-ethyl adjacent to an activating group) is 1. The first-order chi connectivity index (χ1) is 6.88. The number of oxime groups is 1. The Morgan fingerprint density at radius 3 is 2.53 bits per heavy atom. The summed E-state index contributed by atoms with van der Waals surface area (Å²) in [7, 11) is 2.13. The van der Waals surface area contributed by atoms with Gasteiger partial charge in [-0.15, -0.1) is 0 Å². The zero-order valence-electron chi connectivity index (χ0n) is 10.1. The Labute approximate surface area is 91.5 Å². The van der Waals surface area contributed by atoms with E-state index in [1.165, 1.54) is 0 Å². The average Bonchev–Trinajstić information content (AvgIpc) is 2.19. The molecule has 5 heteroatoms. The minimum absolute atomic E-state index is 0.00275. The highest BCUT2D eigenvalue weighted by Gasteiger charge is 2.33. The molecule has 1 unspecified atom stereocenters. The van der Waals surface area contributed by atoms with Gasteiger partial charge in [0.05, 0.1) is 6.04 Å². The standard InChI is InChI=1S/C10H22N4O/c1-8(9(11)12-15)14-6-5-13(4)10(2,3)7-14/h8,15H,5-7H2,1-4H3,(H2,11,12). The SMILES string of the molecule is CC(C(N)=NO)N1CCN(C)C(C)(C)C1. The van der Waals surface area contributed by atoms with E-state index in [0.717, 1.165) is 19.6 Å². The summed E-state index contributed by atoms with van der Waals surface area (Å²) in [5, 5.41) is 11.7. The predicted octanol–water partition coefficient (Wildman–Crippen LogP) is 0.147. The number of nitrogens with two attached hydrogens (primary N) is 1. The van der Waals surface area contributed by atoms with Gasteiger partial charge in [-0.1, -0.05) is 5.16 Å². The average molecular weight is 214 g/mol. The van der Waals surface area contributed by atoms with Crippen molar-refractivity contribution < 1.29 is 5.21 Å². The molecule has 0 spiro atoms. The number of hydrogen-bond donors (Lipinski definition) is 2. The molecule has 0 radical (unpaired) electrons. The van der Waals surface area contributed by atoms with E-state index in [9.17, 15) is 0 Å². The highest BCUT2D eigenvalue weighted by atomic mass is 16.4. The zero-order valence-corrected chi connectivity index (χ0v) is 10.1. The molecule has 1 heterocycles. The normalized spacial score (nSPS) is 26.5. The van der Waals surface area contributed by atoms with E-state index in [-0.39, 0.29) is 17.4 Å². The Morgan fingerprint density at radius 2 is 2.07 bits per heavy atom. The van der Waals surface area contributed by atoms with E-state index in [2.05, 4.69) is 35.9 Å². The summed E-state index contributed by atoms with van der Waals surface area (Å²) in [6.07, 6.45) is 0. The van der Waals surface area contributed by atoms with Crippen molar-refractivity contribution in [2.45, 2.75) is 32.4 Å². The summed E-state index contributed by atoms with van der Waals surface area (Å²) < 4.78 is 0. The Hall–Kier alpha value is -0.810. The first-order valence-corrected chi connectivity index (χ1v) is 5.31. The molecule has 1 rings (SSSR count). The van der Waals surface area contributed by atoms with Crippen LogP contribution in [0.25, 0.3) is 0 Å². The van der Waals surface area contributed by atoms with Crippen LogP contribution >= 0.6 is 0 Å². The molecule has 0 saturated carbocycles. The molecule has 0 aromatic carbocycles. The minimum atomic E-state index is 0.00275. The molecule has 1 aliphatic heterocycles. The maximum absolute atomic E-state index is 8.64. The second-order valence-electron chi connectivity index (χ2n) is 4.91. The number of rotatable bonds is 2. The second-order valence-corrected chi connectivity index (χ2v) is 4.91. The second kappa shape index (κ2) is 4.37. The van der Waals surface area contributed by atoms with Crippen LogP contribution in [0.1, 0.15) is 20.8 Å². The van der Waals surface area contributed by atoms with E-state index in [1.807, 2.05) is 6.92 Å².